The standard InChI is InChI=1S/C9H18O2/c10-6-2-4-8-3-1-5-9(11)7-8/h8-11H,1-7H2. The summed E-state index contributed by atoms with van der Waals surface area (Å²) in [7, 11) is 0. The van der Waals surface area contributed by atoms with Gasteiger partial charge in [0.1, 0.15) is 0 Å². The molecule has 0 aromatic heterocycles. The molecular weight excluding hydrogens is 140 g/mol. The van der Waals surface area contributed by atoms with Crippen molar-refractivity contribution in [2.24, 2.45) is 5.92 Å². The van der Waals surface area contributed by atoms with Gasteiger partial charge in [0.25, 0.3) is 0 Å². The monoisotopic (exact) mass is 158 g/mol. The normalized spacial score (nSPS) is 32.2. The van der Waals surface area contributed by atoms with Gasteiger partial charge in [0, 0.05) is 6.61 Å². The van der Waals surface area contributed by atoms with Crippen molar-refractivity contribution in [1.29, 1.82) is 0 Å². The van der Waals surface area contributed by atoms with Crippen LogP contribution in [0, 0.1) is 5.92 Å². The number of hydrogen-bond acceptors (Lipinski definition) is 2. The van der Waals surface area contributed by atoms with E-state index in [1.807, 2.05) is 0 Å². The number of hydrogen-bond donors (Lipinski definition) is 2. The summed E-state index contributed by atoms with van der Waals surface area (Å²) >= 11 is 0. The van der Waals surface area contributed by atoms with E-state index < -0.39 is 0 Å². The maximum atomic E-state index is 9.32. The molecule has 2 N–H and O–H groups in total. The lowest BCUT2D eigenvalue weighted by atomic mass is 9.84. The van der Waals surface area contributed by atoms with Crippen molar-refractivity contribution in [3.63, 3.8) is 0 Å². The second-order valence-electron chi connectivity index (χ2n) is 3.55. The highest BCUT2D eigenvalue weighted by Crippen LogP contribution is 2.27. The van der Waals surface area contributed by atoms with Crippen molar-refractivity contribution < 1.29 is 10.2 Å². The zero-order valence-corrected chi connectivity index (χ0v) is 7.00. The third-order valence-electron chi connectivity index (χ3n) is 2.53. The van der Waals surface area contributed by atoms with E-state index in [9.17, 15) is 5.11 Å². The second kappa shape index (κ2) is 4.73. The maximum absolute atomic E-state index is 9.32. The SMILES string of the molecule is OCCCC1CCCC(O)C1. The smallest absolute Gasteiger partial charge is 0.0542 e. The van der Waals surface area contributed by atoms with Crippen LogP contribution in [-0.2, 0) is 0 Å². The van der Waals surface area contributed by atoms with Gasteiger partial charge < -0.3 is 10.2 Å². The minimum atomic E-state index is -0.0626. The van der Waals surface area contributed by atoms with E-state index in [-0.39, 0.29) is 6.10 Å². The Morgan fingerprint density at radius 1 is 1.27 bits per heavy atom. The van der Waals surface area contributed by atoms with Crippen LogP contribution in [0.5, 0.6) is 0 Å². The Bertz CT molecular complexity index is 104. The lowest BCUT2D eigenvalue weighted by Crippen LogP contribution is -2.19. The molecule has 2 heteroatoms. The summed E-state index contributed by atoms with van der Waals surface area (Å²) in [5.74, 6) is 0.672. The molecule has 66 valence electrons. The summed E-state index contributed by atoms with van der Waals surface area (Å²) in [4.78, 5) is 0. The summed E-state index contributed by atoms with van der Waals surface area (Å²) in [5, 5.41) is 17.9. The first kappa shape index (κ1) is 9.01. The Hall–Kier alpha value is -0.0800. The van der Waals surface area contributed by atoms with Crippen LogP contribution >= 0.6 is 0 Å². The van der Waals surface area contributed by atoms with Crippen LogP contribution in [-0.4, -0.2) is 22.9 Å². The second-order valence-corrected chi connectivity index (χ2v) is 3.55. The maximum Gasteiger partial charge on any atom is 0.0542 e. The quantitative estimate of drug-likeness (QED) is 0.650. The van der Waals surface area contributed by atoms with Crippen molar-refractivity contribution in [2.45, 2.75) is 44.6 Å². The highest BCUT2D eigenvalue weighted by Gasteiger charge is 2.19. The lowest BCUT2D eigenvalue weighted by molar-refractivity contribution is 0.0953. The van der Waals surface area contributed by atoms with Gasteiger partial charge in [-0.2, -0.15) is 0 Å². The van der Waals surface area contributed by atoms with Crippen LogP contribution in [0.4, 0.5) is 0 Å². The average Bonchev–Trinajstić information content (AvgIpc) is 2.01. The molecule has 1 rings (SSSR count). The van der Waals surface area contributed by atoms with E-state index in [1.165, 1.54) is 6.42 Å². The minimum Gasteiger partial charge on any atom is -0.396 e. The first-order valence-corrected chi connectivity index (χ1v) is 4.62. The van der Waals surface area contributed by atoms with E-state index >= 15 is 0 Å². The zero-order valence-electron chi connectivity index (χ0n) is 7.00. The molecule has 0 heterocycles. The fraction of sp³-hybridized carbons (Fsp3) is 1.00. The summed E-state index contributed by atoms with van der Waals surface area (Å²) in [6.45, 7) is 0.298. The molecule has 1 aliphatic carbocycles. The third-order valence-corrected chi connectivity index (χ3v) is 2.53. The van der Waals surface area contributed by atoms with Gasteiger partial charge in [0.05, 0.1) is 6.10 Å². The van der Waals surface area contributed by atoms with E-state index in [0.717, 1.165) is 32.1 Å². The van der Waals surface area contributed by atoms with E-state index in [2.05, 4.69) is 0 Å². The van der Waals surface area contributed by atoms with Crippen molar-refractivity contribution in [1.82, 2.24) is 0 Å². The van der Waals surface area contributed by atoms with Gasteiger partial charge in [-0.05, 0) is 31.6 Å². The number of aliphatic hydroxyl groups excluding tert-OH is 2. The Kier molecular flexibility index (Phi) is 3.87. The largest absolute Gasteiger partial charge is 0.396 e. The topological polar surface area (TPSA) is 40.5 Å². The summed E-state index contributed by atoms with van der Waals surface area (Å²) in [6, 6.07) is 0. The lowest BCUT2D eigenvalue weighted by Gasteiger charge is -2.25. The van der Waals surface area contributed by atoms with E-state index in [0.29, 0.717) is 12.5 Å². The van der Waals surface area contributed by atoms with Gasteiger partial charge in [-0.3, -0.25) is 0 Å². The van der Waals surface area contributed by atoms with Crippen LogP contribution in [0.1, 0.15) is 38.5 Å². The molecule has 1 aliphatic rings. The van der Waals surface area contributed by atoms with Crippen LogP contribution in [0.2, 0.25) is 0 Å². The minimum absolute atomic E-state index is 0.0626. The van der Waals surface area contributed by atoms with Crippen molar-refractivity contribution in [2.75, 3.05) is 6.61 Å². The molecule has 2 atom stereocenters. The predicted octanol–water partition coefficient (Wildman–Crippen LogP) is 1.31. The Labute approximate surface area is 68.2 Å². The van der Waals surface area contributed by atoms with Gasteiger partial charge >= 0.3 is 0 Å². The molecule has 11 heavy (non-hydrogen) atoms. The molecule has 2 unspecified atom stereocenters. The molecule has 0 aliphatic heterocycles. The fourth-order valence-corrected chi connectivity index (χ4v) is 1.90. The van der Waals surface area contributed by atoms with Crippen LogP contribution in [0.25, 0.3) is 0 Å². The first-order chi connectivity index (χ1) is 5.33. The highest BCUT2D eigenvalue weighted by atomic mass is 16.3. The number of rotatable bonds is 3. The molecule has 0 bridgehead atoms. The van der Waals surface area contributed by atoms with Crippen LogP contribution < -0.4 is 0 Å². The van der Waals surface area contributed by atoms with Gasteiger partial charge in [-0.1, -0.05) is 12.8 Å². The molecule has 0 aromatic rings. The Balaban J connectivity index is 2.12. The molecule has 1 saturated carbocycles. The highest BCUT2D eigenvalue weighted by molar-refractivity contribution is 4.71. The Morgan fingerprint density at radius 2 is 2.09 bits per heavy atom. The fourth-order valence-electron chi connectivity index (χ4n) is 1.90. The first-order valence-electron chi connectivity index (χ1n) is 4.62. The van der Waals surface area contributed by atoms with Crippen LogP contribution in [0.3, 0.4) is 0 Å². The third kappa shape index (κ3) is 3.21. The summed E-state index contributed by atoms with van der Waals surface area (Å²) in [5.41, 5.74) is 0. The van der Waals surface area contributed by atoms with Gasteiger partial charge in [0.15, 0.2) is 0 Å². The van der Waals surface area contributed by atoms with Crippen molar-refractivity contribution in [3.05, 3.63) is 0 Å². The zero-order chi connectivity index (χ0) is 8.10. The Morgan fingerprint density at radius 3 is 2.73 bits per heavy atom. The molecule has 0 saturated heterocycles. The van der Waals surface area contributed by atoms with Crippen LogP contribution in [0.15, 0.2) is 0 Å². The van der Waals surface area contributed by atoms with E-state index in [4.69, 9.17) is 5.11 Å². The molecule has 0 aromatic carbocycles. The van der Waals surface area contributed by atoms with Crippen molar-refractivity contribution >= 4 is 0 Å². The van der Waals surface area contributed by atoms with Crippen molar-refractivity contribution in [3.8, 4) is 0 Å². The summed E-state index contributed by atoms with van der Waals surface area (Å²) < 4.78 is 0. The predicted molar refractivity (Wildman–Crippen MR) is 44.3 cm³/mol. The summed E-state index contributed by atoms with van der Waals surface area (Å²) in [6.07, 6.45) is 6.28. The van der Waals surface area contributed by atoms with E-state index in [1.54, 1.807) is 0 Å². The number of aliphatic hydroxyl groups is 2. The molecule has 0 amide bonds. The molecule has 1 fully saturated rings. The average molecular weight is 158 g/mol. The molecular formula is C9H18O2. The van der Waals surface area contributed by atoms with Gasteiger partial charge in [-0.15, -0.1) is 0 Å². The van der Waals surface area contributed by atoms with Gasteiger partial charge in [0.2, 0.25) is 0 Å². The van der Waals surface area contributed by atoms with Gasteiger partial charge in [-0.25, -0.2) is 0 Å². The molecule has 0 spiro atoms. The molecule has 0 radical (unpaired) electrons. The molecule has 2 nitrogen and oxygen atoms in total.